The molecule has 0 bridgehead atoms. The smallest absolute Gasteiger partial charge is 0.192 e. The van der Waals surface area contributed by atoms with Crippen LogP contribution in [0.5, 0.6) is 0 Å². The van der Waals surface area contributed by atoms with E-state index in [9.17, 15) is 10.2 Å². The first-order valence-corrected chi connectivity index (χ1v) is 15.4. The van der Waals surface area contributed by atoms with Gasteiger partial charge in [0.25, 0.3) is 0 Å². The lowest BCUT2D eigenvalue weighted by Gasteiger charge is -2.48. The summed E-state index contributed by atoms with van der Waals surface area (Å²) in [5.74, 6) is 0. The fraction of sp³-hybridized carbons (Fsp3) is 1.00. The molecule has 6 heteroatoms. The van der Waals surface area contributed by atoms with Crippen molar-refractivity contribution < 1.29 is 19.1 Å². The van der Waals surface area contributed by atoms with Crippen molar-refractivity contribution in [2.45, 2.75) is 115 Å². The molecule has 0 radical (unpaired) electrons. The van der Waals surface area contributed by atoms with Gasteiger partial charge in [-0.1, -0.05) is 41.5 Å². The Hall–Kier alpha value is 0.274. The molecule has 2 N–H and O–H groups in total. The minimum absolute atomic E-state index is 0.0541. The van der Waals surface area contributed by atoms with Gasteiger partial charge in [0.1, 0.15) is 0 Å². The summed E-state index contributed by atoms with van der Waals surface area (Å²) in [7, 11) is -3.86. The summed E-state index contributed by atoms with van der Waals surface area (Å²) in [6, 6.07) is 0. The standard InChI is InChI=1S/C19H42O4Si2/c1-17(2,3)24(7,8)22-15-11-16(13-19(21,12-15)14-20)23-25(9,10)18(4,5)6/h15-16,20-21H,11-14H2,1-10H3. The molecule has 1 aliphatic carbocycles. The summed E-state index contributed by atoms with van der Waals surface area (Å²) in [5, 5.41) is 20.8. The van der Waals surface area contributed by atoms with Crippen LogP contribution in [0.3, 0.4) is 0 Å². The second kappa shape index (κ2) is 7.36. The molecule has 0 heterocycles. The first-order valence-electron chi connectivity index (χ1n) is 9.61. The van der Waals surface area contributed by atoms with Crippen molar-refractivity contribution in [3.63, 3.8) is 0 Å². The van der Waals surface area contributed by atoms with Gasteiger partial charge in [-0.15, -0.1) is 0 Å². The van der Waals surface area contributed by atoms with E-state index < -0.39 is 22.2 Å². The molecule has 25 heavy (non-hydrogen) atoms. The highest BCUT2D eigenvalue weighted by Gasteiger charge is 2.47. The Labute approximate surface area is 157 Å². The van der Waals surface area contributed by atoms with Gasteiger partial charge in [-0.05, 0) is 42.7 Å². The molecule has 0 saturated heterocycles. The normalized spacial score (nSPS) is 29.8. The SMILES string of the molecule is CC(C)(C)[Si](C)(C)OC1CC(O[Si](C)(C)C(C)(C)C)CC(O)(CO)C1. The minimum atomic E-state index is -1.93. The van der Waals surface area contributed by atoms with Crippen LogP contribution in [0.25, 0.3) is 0 Å². The van der Waals surface area contributed by atoms with Crippen molar-refractivity contribution in [1.29, 1.82) is 0 Å². The Bertz CT molecular complexity index is 413. The summed E-state index contributed by atoms with van der Waals surface area (Å²) in [4.78, 5) is 0. The zero-order valence-electron chi connectivity index (χ0n) is 18.2. The van der Waals surface area contributed by atoms with Gasteiger partial charge in [0.15, 0.2) is 16.6 Å². The number of hydrogen-bond donors (Lipinski definition) is 2. The molecule has 0 spiro atoms. The van der Waals surface area contributed by atoms with Crippen molar-refractivity contribution >= 4 is 16.6 Å². The predicted octanol–water partition coefficient (Wildman–Crippen LogP) is 4.67. The highest BCUT2D eigenvalue weighted by atomic mass is 28.4. The number of aliphatic hydroxyl groups excluding tert-OH is 1. The van der Waals surface area contributed by atoms with Crippen LogP contribution in [0.15, 0.2) is 0 Å². The third-order valence-electron chi connectivity index (χ3n) is 6.57. The van der Waals surface area contributed by atoms with E-state index in [1.54, 1.807) is 0 Å². The second-order valence-electron chi connectivity index (χ2n) is 11.0. The molecule has 1 saturated carbocycles. The maximum absolute atomic E-state index is 10.8. The zero-order chi connectivity index (χ0) is 19.9. The molecule has 1 fully saturated rings. The molecular weight excluding hydrogens is 348 g/mol. The average Bonchev–Trinajstić information content (AvgIpc) is 2.34. The number of aliphatic hydroxyl groups is 2. The Balaban J connectivity index is 2.96. The van der Waals surface area contributed by atoms with Gasteiger partial charge in [-0.2, -0.15) is 0 Å². The van der Waals surface area contributed by atoms with Crippen LogP contribution in [0.1, 0.15) is 60.8 Å². The highest BCUT2D eigenvalue weighted by molar-refractivity contribution is 6.74. The van der Waals surface area contributed by atoms with Crippen molar-refractivity contribution in [2.24, 2.45) is 0 Å². The third-order valence-corrected chi connectivity index (χ3v) is 15.6. The summed E-state index contributed by atoms with van der Waals surface area (Å²) in [6.07, 6.45) is 1.69. The van der Waals surface area contributed by atoms with Gasteiger partial charge in [0, 0.05) is 12.8 Å². The van der Waals surface area contributed by atoms with Crippen LogP contribution in [-0.2, 0) is 8.85 Å². The highest BCUT2D eigenvalue weighted by Crippen LogP contribution is 2.43. The summed E-state index contributed by atoms with van der Waals surface area (Å²) < 4.78 is 13.1. The first kappa shape index (κ1) is 23.3. The van der Waals surface area contributed by atoms with Gasteiger partial charge < -0.3 is 19.1 Å². The monoisotopic (exact) mass is 390 g/mol. The first-order chi connectivity index (χ1) is 10.9. The number of hydrogen-bond acceptors (Lipinski definition) is 4. The van der Waals surface area contributed by atoms with Gasteiger partial charge in [0.05, 0.1) is 24.4 Å². The van der Waals surface area contributed by atoms with E-state index in [0.717, 1.165) is 6.42 Å². The Morgan fingerprint density at radius 1 is 0.840 bits per heavy atom. The topological polar surface area (TPSA) is 58.9 Å². The molecule has 1 rings (SSSR count). The van der Waals surface area contributed by atoms with Crippen LogP contribution in [0, 0.1) is 0 Å². The van der Waals surface area contributed by atoms with Crippen LogP contribution >= 0.6 is 0 Å². The van der Waals surface area contributed by atoms with Crippen LogP contribution in [-0.4, -0.2) is 51.3 Å². The zero-order valence-corrected chi connectivity index (χ0v) is 20.2. The van der Waals surface area contributed by atoms with Crippen molar-refractivity contribution in [2.75, 3.05) is 6.61 Å². The Morgan fingerprint density at radius 2 is 1.16 bits per heavy atom. The fourth-order valence-corrected chi connectivity index (χ4v) is 5.62. The van der Waals surface area contributed by atoms with Gasteiger partial charge >= 0.3 is 0 Å². The molecular formula is C19H42O4Si2. The van der Waals surface area contributed by atoms with E-state index in [4.69, 9.17) is 8.85 Å². The predicted molar refractivity (Wildman–Crippen MR) is 110 cm³/mol. The molecule has 0 aliphatic heterocycles. The maximum atomic E-state index is 10.8. The van der Waals surface area contributed by atoms with E-state index in [1.165, 1.54) is 0 Å². The quantitative estimate of drug-likeness (QED) is 0.669. The fourth-order valence-electron chi connectivity index (χ4n) is 2.89. The molecule has 4 nitrogen and oxygen atoms in total. The minimum Gasteiger partial charge on any atom is -0.414 e. The van der Waals surface area contributed by atoms with Crippen molar-refractivity contribution in [3.05, 3.63) is 0 Å². The van der Waals surface area contributed by atoms with E-state index >= 15 is 0 Å². The van der Waals surface area contributed by atoms with Crippen molar-refractivity contribution in [1.82, 2.24) is 0 Å². The van der Waals surface area contributed by atoms with Crippen LogP contribution in [0.2, 0.25) is 36.3 Å². The van der Waals surface area contributed by atoms with E-state index in [-0.39, 0.29) is 28.9 Å². The molecule has 2 unspecified atom stereocenters. The maximum Gasteiger partial charge on any atom is 0.192 e. The van der Waals surface area contributed by atoms with Gasteiger partial charge in [-0.3, -0.25) is 0 Å². The lowest BCUT2D eigenvalue weighted by atomic mass is 9.82. The van der Waals surface area contributed by atoms with Crippen LogP contribution < -0.4 is 0 Å². The van der Waals surface area contributed by atoms with Gasteiger partial charge in [-0.25, -0.2) is 0 Å². The molecule has 2 atom stereocenters. The van der Waals surface area contributed by atoms with E-state index in [2.05, 4.69) is 67.7 Å². The van der Waals surface area contributed by atoms with Crippen molar-refractivity contribution in [3.8, 4) is 0 Å². The van der Waals surface area contributed by atoms with Gasteiger partial charge in [0.2, 0.25) is 0 Å². The Morgan fingerprint density at radius 3 is 1.40 bits per heavy atom. The second-order valence-corrected chi connectivity index (χ2v) is 20.5. The molecule has 150 valence electrons. The molecule has 0 aromatic rings. The summed E-state index contributed by atoms with van der Waals surface area (Å²) >= 11 is 0. The molecule has 0 amide bonds. The molecule has 0 aromatic carbocycles. The van der Waals surface area contributed by atoms with E-state index in [1.807, 2.05) is 0 Å². The third kappa shape index (κ3) is 5.88. The lowest BCUT2D eigenvalue weighted by Crippen LogP contribution is -2.54. The van der Waals surface area contributed by atoms with E-state index in [0.29, 0.717) is 12.8 Å². The summed E-state index contributed by atoms with van der Waals surface area (Å²) in [5.41, 5.74) is -1.10. The Kier molecular flexibility index (Phi) is 6.86. The largest absolute Gasteiger partial charge is 0.414 e. The number of rotatable bonds is 5. The lowest BCUT2D eigenvalue weighted by molar-refractivity contribution is -0.107. The summed E-state index contributed by atoms with van der Waals surface area (Å²) in [6.45, 7) is 22.1. The van der Waals surface area contributed by atoms with Crippen LogP contribution in [0.4, 0.5) is 0 Å². The average molecular weight is 391 g/mol. The molecule has 0 aromatic heterocycles. The molecule has 1 aliphatic rings.